The lowest BCUT2D eigenvalue weighted by Gasteiger charge is -2.34. The van der Waals surface area contributed by atoms with Crippen LogP contribution in [0.4, 0.5) is 0 Å². The van der Waals surface area contributed by atoms with Crippen LogP contribution in [0, 0.1) is 5.92 Å². The fourth-order valence-electron chi connectivity index (χ4n) is 2.80. The molecule has 0 saturated heterocycles. The van der Waals surface area contributed by atoms with E-state index in [0.29, 0.717) is 29.5 Å². The molecule has 0 N–H and O–H groups in total. The van der Waals surface area contributed by atoms with Gasteiger partial charge < -0.3 is 14.5 Å². The van der Waals surface area contributed by atoms with E-state index < -0.39 is 0 Å². The molecule has 0 aromatic heterocycles. The molecule has 0 aliphatic carbocycles. The van der Waals surface area contributed by atoms with Crippen molar-refractivity contribution in [3.63, 3.8) is 0 Å². The number of carbonyl (C=O) groups excluding carboxylic acids is 2. The number of allylic oxidation sites excluding steroid dienone is 2. The maximum absolute atomic E-state index is 12.8. The fraction of sp³-hybridized carbons (Fsp3) is 0.632. The van der Waals surface area contributed by atoms with Gasteiger partial charge in [-0.15, -0.1) is 0 Å². The van der Waals surface area contributed by atoms with Crippen molar-refractivity contribution in [2.24, 2.45) is 5.92 Å². The SMILES string of the molecule is CCC(C)CCC1=C(C)C(=C=O)C(OC)=C(C(=O)N(C)CC)N1C. The molecule has 5 heteroatoms. The zero-order valence-electron chi connectivity index (χ0n) is 16.0. The van der Waals surface area contributed by atoms with Crippen LogP contribution in [-0.4, -0.2) is 49.4 Å². The van der Waals surface area contributed by atoms with Gasteiger partial charge >= 0.3 is 0 Å². The Morgan fingerprint density at radius 2 is 2.00 bits per heavy atom. The van der Waals surface area contributed by atoms with E-state index in [-0.39, 0.29) is 5.91 Å². The van der Waals surface area contributed by atoms with Gasteiger partial charge in [0.05, 0.1) is 7.11 Å². The molecule has 1 aliphatic rings. The molecule has 1 rings (SSSR count). The highest BCUT2D eigenvalue weighted by molar-refractivity contribution is 5.96. The molecular weight excluding hydrogens is 304 g/mol. The molecule has 1 aliphatic heterocycles. The Labute approximate surface area is 145 Å². The second-order valence-corrected chi connectivity index (χ2v) is 6.36. The van der Waals surface area contributed by atoms with E-state index in [1.165, 1.54) is 7.11 Å². The lowest BCUT2D eigenvalue weighted by Crippen LogP contribution is -2.38. The third kappa shape index (κ3) is 3.90. The predicted molar refractivity (Wildman–Crippen MR) is 95.7 cm³/mol. The van der Waals surface area contributed by atoms with Gasteiger partial charge in [0.2, 0.25) is 0 Å². The van der Waals surface area contributed by atoms with Gasteiger partial charge in [0.15, 0.2) is 11.5 Å². The smallest absolute Gasteiger partial charge is 0.274 e. The second kappa shape index (κ2) is 8.74. The lowest BCUT2D eigenvalue weighted by atomic mass is 9.93. The first-order chi connectivity index (χ1) is 11.3. The normalized spacial score (nSPS) is 16.3. The van der Waals surface area contributed by atoms with E-state index >= 15 is 0 Å². The van der Waals surface area contributed by atoms with Crippen molar-refractivity contribution in [3.05, 3.63) is 28.3 Å². The van der Waals surface area contributed by atoms with Crippen molar-refractivity contribution in [2.75, 3.05) is 27.7 Å². The summed E-state index contributed by atoms with van der Waals surface area (Å²) in [5.41, 5.74) is 2.58. The van der Waals surface area contributed by atoms with Gasteiger partial charge in [-0.1, -0.05) is 20.3 Å². The molecule has 1 heterocycles. The minimum atomic E-state index is -0.155. The van der Waals surface area contributed by atoms with Crippen molar-refractivity contribution in [2.45, 2.75) is 47.0 Å². The number of amides is 1. The van der Waals surface area contributed by atoms with Crippen molar-refractivity contribution in [1.82, 2.24) is 9.80 Å². The minimum Gasteiger partial charge on any atom is -0.493 e. The molecule has 0 bridgehead atoms. The van der Waals surface area contributed by atoms with Gasteiger partial charge in [-0.3, -0.25) is 4.79 Å². The third-order valence-corrected chi connectivity index (χ3v) is 4.89. The molecule has 134 valence electrons. The van der Waals surface area contributed by atoms with Crippen molar-refractivity contribution >= 4 is 11.8 Å². The number of ether oxygens (including phenoxy) is 1. The van der Waals surface area contributed by atoms with Crippen LogP contribution in [0.1, 0.15) is 47.0 Å². The van der Waals surface area contributed by atoms with Gasteiger partial charge in [-0.25, -0.2) is 4.79 Å². The summed E-state index contributed by atoms with van der Waals surface area (Å²) in [6.07, 6.45) is 2.93. The monoisotopic (exact) mass is 334 g/mol. The molecule has 0 aromatic rings. The first-order valence-corrected chi connectivity index (χ1v) is 8.56. The van der Waals surface area contributed by atoms with Crippen molar-refractivity contribution in [1.29, 1.82) is 0 Å². The number of nitrogens with zero attached hydrogens (tertiary/aromatic N) is 2. The molecule has 0 spiro atoms. The summed E-state index contributed by atoms with van der Waals surface area (Å²) < 4.78 is 5.42. The molecule has 0 saturated carbocycles. The van der Waals surface area contributed by atoms with Crippen LogP contribution in [0.15, 0.2) is 28.3 Å². The molecule has 24 heavy (non-hydrogen) atoms. The molecule has 1 atom stereocenters. The summed E-state index contributed by atoms with van der Waals surface area (Å²) in [5, 5.41) is 0. The summed E-state index contributed by atoms with van der Waals surface area (Å²) in [7, 11) is 5.09. The van der Waals surface area contributed by atoms with E-state index in [0.717, 1.165) is 30.5 Å². The summed E-state index contributed by atoms with van der Waals surface area (Å²) in [4.78, 5) is 27.8. The van der Waals surface area contributed by atoms with Gasteiger partial charge in [0.25, 0.3) is 5.91 Å². The molecule has 1 unspecified atom stereocenters. The van der Waals surface area contributed by atoms with E-state index in [2.05, 4.69) is 13.8 Å². The van der Waals surface area contributed by atoms with E-state index in [4.69, 9.17) is 4.74 Å². The molecular formula is C19H30N2O3. The average Bonchev–Trinajstić information content (AvgIpc) is 2.59. The molecule has 0 fully saturated rings. The Balaban J connectivity index is 3.36. The molecule has 5 nitrogen and oxygen atoms in total. The number of hydrogen-bond donors (Lipinski definition) is 0. The summed E-state index contributed by atoms with van der Waals surface area (Å²) in [6.45, 7) is 8.77. The second-order valence-electron chi connectivity index (χ2n) is 6.36. The van der Waals surface area contributed by atoms with Crippen molar-refractivity contribution < 1.29 is 14.3 Å². The summed E-state index contributed by atoms with van der Waals surface area (Å²) in [6, 6.07) is 0. The third-order valence-electron chi connectivity index (χ3n) is 4.89. The van der Waals surface area contributed by atoms with Crippen LogP contribution in [0.2, 0.25) is 0 Å². The Morgan fingerprint density at radius 3 is 2.46 bits per heavy atom. The number of likely N-dealkylation sites (N-methyl/N-ethyl adjacent to an activating group) is 2. The zero-order valence-corrected chi connectivity index (χ0v) is 16.0. The maximum Gasteiger partial charge on any atom is 0.274 e. The van der Waals surface area contributed by atoms with Crippen molar-refractivity contribution in [3.8, 4) is 0 Å². The Morgan fingerprint density at radius 1 is 1.38 bits per heavy atom. The number of carbonyl (C=O) groups is 1. The number of hydrogen-bond acceptors (Lipinski definition) is 4. The maximum atomic E-state index is 12.8. The van der Waals surface area contributed by atoms with Crippen LogP contribution < -0.4 is 0 Å². The Bertz CT molecular complexity index is 598. The standard InChI is InChI=1S/C19H30N2O3/c1-8-13(3)10-11-16-14(4)15(12-22)18(24-7)17(21(16)6)19(23)20(5)9-2/h13H,8-11H2,1-7H3. The summed E-state index contributed by atoms with van der Waals surface area (Å²) >= 11 is 0. The largest absolute Gasteiger partial charge is 0.493 e. The van der Waals surface area contributed by atoms with Gasteiger partial charge in [-0.05, 0) is 38.2 Å². The van der Waals surface area contributed by atoms with Crippen LogP contribution in [0.25, 0.3) is 0 Å². The van der Waals surface area contributed by atoms with E-state index in [9.17, 15) is 9.59 Å². The highest BCUT2D eigenvalue weighted by atomic mass is 16.5. The van der Waals surface area contributed by atoms with Crippen LogP contribution in [0.3, 0.4) is 0 Å². The molecule has 0 radical (unpaired) electrons. The average molecular weight is 334 g/mol. The lowest BCUT2D eigenvalue weighted by molar-refractivity contribution is -0.127. The minimum absolute atomic E-state index is 0.155. The first-order valence-electron chi connectivity index (χ1n) is 8.56. The van der Waals surface area contributed by atoms with Crippen LogP contribution >= 0.6 is 0 Å². The van der Waals surface area contributed by atoms with E-state index in [1.54, 1.807) is 11.9 Å². The van der Waals surface area contributed by atoms with Gasteiger partial charge in [0.1, 0.15) is 11.5 Å². The highest BCUT2D eigenvalue weighted by Gasteiger charge is 2.34. The highest BCUT2D eigenvalue weighted by Crippen LogP contribution is 2.36. The van der Waals surface area contributed by atoms with Crippen LogP contribution in [0.5, 0.6) is 0 Å². The summed E-state index contributed by atoms with van der Waals surface area (Å²) in [5.74, 6) is 2.72. The number of rotatable bonds is 7. The van der Waals surface area contributed by atoms with E-state index in [1.807, 2.05) is 31.7 Å². The number of methoxy groups -OCH3 is 1. The predicted octanol–water partition coefficient (Wildman–Crippen LogP) is 3.13. The van der Waals surface area contributed by atoms with Gasteiger partial charge in [-0.2, -0.15) is 0 Å². The molecule has 1 amide bonds. The quantitative estimate of drug-likeness (QED) is 0.671. The Hall–Kier alpha value is -2.00. The molecule has 0 aromatic carbocycles. The topological polar surface area (TPSA) is 49.9 Å². The fourth-order valence-corrected chi connectivity index (χ4v) is 2.80. The first kappa shape index (κ1) is 20.0. The van der Waals surface area contributed by atoms with Gasteiger partial charge in [0, 0.05) is 26.3 Å². The Kier molecular flexibility index (Phi) is 7.30. The van der Waals surface area contributed by atoms with Crippen LogP contribution in [-0.2, 0) is 14.3 Å². The zero-order chi connectivity index (χ0) is 18.4.